The number of allylic oxidation sites excluding steroid dienone is 1. The monoisotopic (exact) mass is 684 g/mol. The van der Waals surface area contributed by atoms with Gasteiger partial charge in [0.25, 0.3) is 0 Å². The van der Waals surface area contributed by atoms with Crippen LogP contribution in [0.4, 0.5) is 0 Å². The Labute approximate surface area is 307 Å². The van der Waals surface area contributed by atoms with Crippen LogP contribution >= 0.6 is 0 Å². The molecule has 1 N–H and O–H groups in total. The first-order valence-corrected chi connectivity index (χ1v) is 18.3. The third-order valence-corrected chi connectivity index (χ3v) is 10.7. The zero-order valence-corrected chi connectivity index (χ0v) is 29.3. The van der Waals surface area contributed by atoms with Crippen LogP contribution in [0.1, 0.15) is 42.5 Å². The van der Waals surface area contributed by atoms with E-state index in [1.54, 1.807) is 0 Å². The van der Waals surface area contributed by atoms with Crippen molar-refractivity contribution in [2.75, 3.05) is 0 Å². The lowest BCUT2D eigenvalue weighted by molar-refractivity contribution is 0.586. The van der Waals surface area contributed by atoms with Gasteiger partial charge in [-0.05, 0) is 60.2 Å². The number of aliphatic imine (C=N–C) groups is 1. The fraction of sp³-hybridized carbons (Fsp3) is 0.0816. The molecule has 0 bridgehead atoms. The third kappa shape index (κ3) is 5.42. The second-order valence-electron chi connectivity index (χ2n) is 13.9. The minimum absolute atomic E-state index is 0.0411. The molecule has 4 heteroatoms. The van der Waals surface area contributed by atoms with Gasteiger partial charge in [-0.25, -0.2) is 4.99 Å². The molecule has 1 aliphatic rings. The largest absolute Gasteiger partial charge is 0.455 e. The number of fused-ring (bicyclic) bond motifs is 6. The number of nitrogens with one attached hydrogen (secondary N) is 1. The number of rotatable bonds is 5. The van der Waals surface area contributed by atoms with E-state index in [0.717, 1.165) is 90.5 Å². The summed E-state index contributed by atoms with van der Waals surface area (Å²) >= 11 is 0. The summed E-state index contributed by atoms with van der Waals surface area (Å²) in [6.07, 6.45) is 1.84. The first-order chi connectivity index (χ1) is 26.2. The molecule has 0 aliphatic carbocycles. The highest BCUT2D eigenvalue weighted by molar-refractivity contribution is 6.21. The second kappa shape index (κ2) is 12.8. The van der Waals surface area contributed by atoms with Crippen molar-refractivity contribution < 1.29 is 8.83 Å². The Kier molecular flexibility index (Phi) is 7.54. The number of furan rings is 2. The summed E-state index contributed by atoms with van der Waals surface area (Å²) in [5.74, 6) is 0.830. The standard InChI is InChI=1S/C49H36N2O2/c1-31-28-29-42(35-19-10-18-34(30-35)32-14-4-2-5-15-32)50-49(51-46(31)33-16-6-3-7-17-33)41-25-13-27-44-45(41)40-24-12-23-39(48(40)53-44)38-22-11-21-37-36-20-8-9-26-43(36)52-47(37)38/h2-27,30,42H,28-29H2,1H3,(H,50,51)/b46-31+. The smallest absolute Gasteiger partial charge is 0.143 e. The van der Waals surface area contributed by atoms with Crippen LogP contribution in [0.2, 0.25) is 0 Å². The molecule has 0 radical (unpaired) electrons. The van der Waals surface area contributed by atoms with E-state index in [1.807, 2.05) is 12.1 Å². The summed E-state index contributed by atoms with van der Waals surface area (Å²) < 4.78 is 13.3. The van der Waals surface area contributed by atoms with Crippen LogP contribution in [0.15, 0.2) is 183 Å². The quantitative estimate of drug-likeness (QED) is 0.196. The van der Waals surface area contributed by atoms with Gasteiger partial charge in [0.15, 0.2) is 0 Å². The Morgan fingerprint density at radius 3 is 1.92 bits per heavy atom. The topological polar surface area (TPSA) is 50.7 Å². The molecule has 7 aromatic carbocycles. The minimum atomic E-state index is 0.0411. The lowest BCUT2D eigenvalue weighted by Crippen LogP contribution is -2.31. The van der Waals surface area contributed by atoms with E-state index in [0.29, 0.717) is 0 Å². The maximum Gasteiger partial charge on any atom is 0.143 e. The summed E-state index contributed by atoms with van der Waals surface area (Å²) in [4.78, 5) is 5.52. The first kappa shape index (κ1) is 31.1. The zero-order chi connectivity index (χ0) is 35.3. The predicted molar refractivity (Wildman–Crippen MR) is 219 cm³/mol. The van der Waals surface area contributed by atoms with Gasteiger partial charge in [-0.1, -0.05) is 146 Å². The van der Waals surface area contributed by atoms with Crippen molar-refractivity contribution >= 4 is 55.4 Å². The van der Waals surface area contributed by atoms with Crippen LogP contribution in [0, 0.1) is 0 Å². The minimum Gasteiger partial charge on any atom is -0.455 e. The maximum atomic E-state index is 6.82. The molecular formula is C49H36N2O2. The molecule has 1 aliphatic heterocycles. The van der Waals surface area contributed by atoms with Crippen molar-refractivity contribution in [2.45, 2.75) is 25.8 Å². The zero-order valence-electron chi connectivity index (χ0n) is 29.3. The molecule has 0 saturated heterocycles. The van der Waals surface area contributed by atoms with Gasteiger partial charge in [0.05, 0.1) is 11.7 Å². The van der Waals surface area contributed by atoms with Crippen molar-refractivity contribution in [1.82, 2.24) is 5.32 Å². The highest BCUT2D eigenvalue weighted by Gasteiger charge is 2.24. The normalized spacial score (nSPS) is 16.5. The third-order valence-electron chi connectivity index (χ3n) is 10.7. The number of amidine groups is 1. The average molecular weight is 685 g/mol. The summed E-state index contributed by atoms with van der Waals surface area (Å²) in [6.45, 7) is 2.23. The number of hydrogen-bond donors (Lipinski definition) is 1. The van der Waals surface area contributed by atoms with Gasteiger partial charge in [-0.2, -0.15) is 0 Å². The van der Waals surface area contributed by atoms with Gasteiger partial charge < -0.3 is 14.2 Å². The summed E-state index contributed by atoms with van der Waals surface area (Å²) in [6, 6.07) is 57.4. The van der Waals surface area contributed by atoms with Crippen LogP contribution < -0.4 is 5.32 Å². The molecule has 1 unspecified atom stereocenters. The van der Waals surface area contributed by atoms with Crippen LogP contribution in [0.5, 0.6) is 0 Å². The molecule has 9 aromatic rings. The van der Waals surface area contributed by atoms with Crippen molar-refractivity contribution in [3.8, 4) is 22.3 Å². The van der Waals surface area contributed by atoms with E-state index < -0.39 is 0 Å². The summed E-state index contributed by atoms with van der Waals surface area (Å²) in [7, 11) is 0. The highest BCUT2D eigenvalue weighted by Crippen LogP contribution is 2.42. The molecule has 0 amide bonds. The van der Waals surface area contributed by atoms with E-state index in [9.17, 15) is 0 Å². The van der Waals surface area contributed by atoms with Crippen molar-refractivity contribution in [1.29, 1.82) is 0 Å². The molecule has 4 nitrogen and oxygen atoms in total. The molecule has 1 atom stereocenters. The van der Waals surface area contributed by atoms with Crippen molar-refractivity contribution in [2.24, 2.45) is 4.99 Å². The van der Waals surface area contributed by atoms with Crippen LogP contribution in [0.3, 0.4) is 0 Å². The molecular weight excluding hydrogens is 649 g/mol. The fourth-order valence-electron chi connectivity index (χ4n) is 8.03. The maximum absolute atomic E-state index is 6.82. The lowest BCUT2D eigenvalue weighted by Gasteiger charge is -2.26. The van der Waals surface area contributed by atoms with Gasteiger partial charge in [0.1, 0.15) is 28.2 Å². The van der Waals surface area contributed by atoms with E-state index in [-0.39, 0.29) is 6.04 Å². The fourth-order valence-corrected chi connectivity index (χ4v) is 8.03. The van der Waals surface area contributed by atoms with Gasteiger partial charge in [-0.15, -0.1) is 0 Å². The van der Waals surface area contributed by atoms with E-state index in [1.165, 1.54) is 22.3 Å². The number of hydrogen-bond acceptors (Lipinski definition) is 4. The molecule has 0 spiro atoms. The van der Waals surface area contributed by atoms with Gasteiger partial charge in [0, 0.05) is 43.8 Å². The van der Waals surface area contributed by atoms with Gasteiger partial charge >= 0.3 is 0 Å². The Balaban J connectivity index is 1.16. The molecule has 10 rings (SSSR count). The summed E-state index contributed by atoms with van der Waals surface area (Å²) in [5, 5.41) is 8.26. The lowest BCUT2D eigenvalue weighted by atomic mass is 9.93. The second-order valence-corrected chi connectivity index (χ2v) is 13.9. The van der Waals surface area contributed by atoms with Crippen molar-refractivity contribution in [3.05, 3.63) is 186 Å². The van der Waals surface area contributed by atoms with Gasteiger partial charge in [0.2, 0.25) is 0 Å². The van der Waals surface area contributed by atoms with Crippen LogP contribution in [-0.4, -0.2) is 5.84 Å². The highest BCUT2D eigenvalue weighted by atomic mass is 16.3. The van der Waals surface area contributed by atoms with Crippen molar-refractivity contribution in [3.63, 3.8) is 0 Å². The summed E-state index contributed by atoms with van der Waals surface area (Å²) in [5.41, 5.74) is 13.4. The van der Waals surface area contributed by atoms with E-state index >= 15 is 0 Å². The molecule has 2 aromatic heterocycles. The van der Waals surface area contributed by atoms with E-state index in [2.05, 4.69) is 164 Å². The van der Waals surface area contributed by atoms with Gasteiger partial charge in [-0.3, -0.25) is 0 Å². The molecule has 53 heavy (non-hydrogen) atoms. The first-order valence-electron chi connectivity index (χ1n) is 18.3. The average Bonchev–Trinajstić information content (AvgIpc) is 3.79. The SMILES string of the molecule is C/C1=C(/c2ccccc2)N=C(c2cccc3oc4c(-c5cccc6c5oc5ccccc56)cccc4c23)NC(c2cccc(-c3ccccc3)c2)CC1. The Hall–Kier alpha value is -6.65. The number of benzene rings is 7. The van der Waals surface area contributed by atoms with Crippen LogP contribution in [-0.2, 0) is 0 Å². The molecule has 0 saturated carbocycles. The number of para-hydroxylation sites is 3. The Bertz CT molecular complexity index is 2880. The molecule has 0 fully saturated rings. The van der Waals surface area contributed by atoms with E-state index in [4.69, 9.17) is 13.8 Å². The number of nitrogens with zero attached hydrogens (tertiary/aromatic N) is 1. The Morgan fingerprint density at radius 2 is 1.11 bits per heavy atom. The molecule has 3 heterocycles. The van der Waals surface area contributed by atoms with Crippen LogP contribution in [0.25, 0.3) is 71.8 Å². The Morgan fingerprint density at radius 1 is 0.528 bits per heavy atom. The predicted octanol–water partition coefficient (Wildman–Crippen LogP) is 13.1. The molecule has 254 valence electrons.